The summed E-state index contributed by atoms with van der Waals surface area (Å²) in [6, 6.07) is 20.6. The number of carbonyl (C=O) groups is 1. The minimum absolute atomic E-state index is 0.195. The molecule has 0 radical (unpaired) electrons. The van der Waals surface area contributed by atoms with Crippen LogP contribution >= 0.6 is 22.7 Å². The number of likely N-dealkylation sites (tertiary alicyclic amines) is 2. The molecule has 0 bridgehead atoms. The zero-order valence-corrected chi connectivity index (χ0v) is 21.1. The van der Waals surface area contributed by atoms with E-state index in [1.807, 2.05) is 58.5 Å². The van der Waals surface area contributed by atoms with Crippen molar-refractivity contribution in [2.75, 3.05) is 32.7 Å². The van der Waals surface area contributed by atoms with E-state index in [9.17, 15) is 4.79 Å². The van der Waals surface area contributed by atoms with Gasteiger partial charge in [-0.15, -0.1) is 0 Å². The quantitative estimate of drug-likeness (QED) is 0.309. The Morgan fingerprint density at radius 1 is 0.824 bits per heavy atom. The summed E-state index contributed by atoms with van der Waals surface area (Å²) in [6.45, 7) is 5.29. The molecule has 1 amide bonds. The van der Waals surface area contributed by atoms with E-state index in [-0.39, 0.29) is 5.91 Å². The molecule has 5 heteroatoms. The monoisotopic (exact) mass is 488 g/mol. The van der Waals surface area contributed by atoms with Crippen LogP contribution in [0.1, 0.15) is 41.1 Å². The summed E-state index contributed by atoms with van der Waals surface area (Å²) in [5, 5.41) is 10.8. The lowest BCUT2D eigenvalue weighted by atomic mass is 9.91. The first-order valence-electron chi connectivity index (χ1n) is 12.3. The summed E-state index contributed by atoms with van der Waals surface area (Å²) in [5.74, 6) is 1.54. The number of nitrogens with zero attached hydrogens (tertiary/aromatic N) is 2. The predicted molar refractivity (Wildman–Crippen MR) is 145 cm³/mol. The first kappa shape index (κ1) is 23.3. The van der Waals surface area contributed by atoms with E-state index in [0.29, 0.717) is 5.92 Å². The van der Waals surface area contributed by atoms with Crippen LogP contribution in [0.15, 0.2) is 82.2 Å². The molecule has 0 spiro atoms. The maximum absolute atomic E-state index is 13.2. The van der Waals surface area contributed by atoms with E-state index in [1.54, 1.807) is 11.3 Å². The number of amides is 1. The smallest absolute Gasteiger partial charge is 0.254 e. The Morgan fingerprint density at radius 3 is 2.35 bits per heavy atom. The van der Waals surface area contributed by atoms with Crippen molar-refractivity contribution in [3.8, 4) is 0 Å². The van der Waals surface area contributed by atoms with Crippen LogP contribution in [-0.2, 0) is 0 Å². The average molecular weight is 489 g/mol. The SMILES string of the molecule is O=C(c1cccc2ccccc12)N1CC[C@H](CN2CCC(c3ccsc3)CC2)C1.c1ccsc1. The molecule has 0 saturated carbocycles. The lowest BCUT2D eigenvalue weighted by Crippen LogP contribution is -2.37. The molecule has 0 unspecified atom stereocenters. The van der Waals surface area contributed by atoms with E-state index >= 15 is 0 Å². The second-order valence-corrected chi connectivity index (χ2v) is 11.0. The van der Waals surface area contributed by atoms with Crippen LogP contribution in [0.2, 0.25) is 0 Å². The van der Waals surface area contributed by atoms with Gasteiger partial charge in [0.25, 0.3) is 5.91 Å². The summed E-state index contributed by atoms with van der Waals surface area (Å²) >= 11 is 3.52. The number of benzene rings is 2. The van der Waals surface area contributed by atoms with Gasteiger partial charge in [0.1, 0.15) is 0 Å². The van der Waals surface area contributed by atoms with Crippen LogP contribution < -0.4 is 0 Å². The molecule has 2 aromatic heterocycles. The van der Waals surface area contributed by atoms with Gasteiger partial charge < -0.3 is 9.80 Å². The maximum Gasteiger partial charge on any atom is 0.254 e. The molecule has 34 heavy (non-hydrogen) atoms. The molecule has 4 heterocycles. The number of carbonyl (C=O) groups excluding carboxylic acids is 1. The molecule has 2 aliphatic rings. The van der Waals surface area contributed by atoms with Crippen molar-refractivity contribution >= 4 is 39.4 Å². The summed E-state index contributed by atoms with van der Waals surface area (Å²) in [7, 11) is 0. The van der Waals surface area contributed by atoms with E-state index in [0.717, 1.165) is 48.3 Å². The molecule has 176 valence electrons. The topological polar surface area (TPSA) is 23.6 Å². The average Bonchev–Trinajstić information content (AvgIpc) is 3.68. The van der Waals surface area contributed by atoms with Crippen LogP contribution in [0.4, 0.5) is 0 Å². The Bertz CT molecular complexity index is 1140. The molecule has 0 aliphatic carbocycles. The van der Waals surface area contributed by atoms with Crippen LogP contribution in [0.3, 0.4) is 0 Å². The zero-order valence-electron chi connectivity index (χ0n) is 19.5. The van der Waals surface area contributed by atoms with Crippen molar-refractivity contribution in [3.63, 3.8) is 0 Å². The number of thiophene rings is 2. The molecule has 2 aliphatic heterocycles. The largest absolute Gasteiger partial charge is 0.338 e. The van der Waals surface area contributed by atoms with E-state index in [1.165, 1.54) is 31.5 Å². The van der Waals surface area contributed by atoms with E-state index in [2.05, 4.69) is 44.8 Å². The third-order valence-electron chi connectivity index (χ3n) is 7.14. The standard InChI is InChI=1S/C25H28N2OS.C4H4S/c28-25(24-7-3-5-21-4-1-2-6-23(21)24)27-14-8-19(17-27)16-26-12-9-20(10-13-26)22-11-15-29-18-22;1-2-4-5-3-1/h1-7,11,15,18-20H,8-10,12-14,16-17H2;1-4H/t19-;/m1./s1. The molecule has 6 rings (SSSR count). The molecule has 2 fully saturated rings. The summed E-state index contributed by atoms with van der Waals surface area (Å²) in [6.07, 6.45) is 3.66. The van der Waals surface area contributed by atoms with Crippen LogP contribution in [0.5, 0.6) is 0 Å². The van der Waals surface area contributed by atoms with Crippen molar-refractivity contribution in [2.24, 2.45) is 5.92 Å². The summed E-state index contributed by atoms with van der Waals surface area (Å²) in [4.78, 5) is 17.9. The Kier molecular flexibility index (Phi) is 7.74. The molecular formula is C29H32N2OS2. The molecular weight excluding hydrogens is 456 g/mol. The maximum atomic E-state index is 13.2. The third kappa shape index (κ3) is 5.60. The van der Waals surface area contributed by atoms with Crippen LogP contribution in [-0.4, -0.2) is 48.4 Å². The second kappa shape index (κ2) is 11.3. The van der Waals surface area contributed by atoms with Gasteiger partial charge in [0.15, 0.2) is 0 Å². The highest BCUT2D eigenvalue weighted by Gasteiger charge is 2.30. The van der Waals surface area contributed by atoms with Gasteiger partial charge in [-0.25, -0.2) is 0 Å². The number of hydrogen-bond donors (Lipinski definition) is 0. The fourth-order valence-electron chi connectivity index (χ4n) is 5.30. The van der Waals surface area contributed by atoms with Crippen molar-refractivity contribution < 1.29 is 4.79 Å². The predicted octanol–water partition coefficient (Wildman–Crippen LogP) is 6.99. The zero-order chi connectivity index (χ0) is 23.2. The summed E-state index contributed by atoms with van der Waals surface area (Å²) in [5.41, 5.74) is 2.38. The van der Waals surface area contributed by atoms with Gasteiger partial charge in [-0.2, -0.15) is 22.7 Å². The molecule has 2 saturated heterocycles. The van der Waals surface area contributed by atoms with Gasteiger partial charge in [0, 0.05) is 25.2 Å². The number of hydrogen-bond acceptors (Lipinski definition) is 4. The van der Waals surface area contributed by atoms with Crippen LogP contribution in [0, 0.1) is 5.92 Å². The lowest BCUT2D eigenvalue weighted by Gasteiger charge is -2.33. The highest BCUT2D eigenvalue weighted by molar-refractivity contribution is 7.08. The molecule has 2 aromatic carbocycles. The first-order valence-corrected chi connectivity index (χ1v) is 14.1. The number of fused-ring (bicyclic) bond motifs is 1. The summed E-state index contributed by atoms with van der Waals surface area (Å²) < 4.78 is 0. The molecule has 3 nitrogen and oxygen atoms in total. The molecule has 4 aromatic rings. The fourth-order valence-corrected chi connectivity index (χ4v) is 6.49. The Hall–Kier alpha value is -2.47. The Labute approximate surface area is 210 Å². The van der Waals surface area contributed by atoms with Gasteiger partial charge in [0.05, 0.1) is 0 Å². The highest BCUT2D eigenvalue weighted by atomic mass is 32.1. The minimum Gasteiger partial charge on any atom is -0.338 e. The third-order valence-corrected chi connectivity index (χ3v) is 8.47. The van der Waals surface area contributed by atoms with Gasteiger partial charge >= 0.3 is 0 Å². The van der Waals surface area contributed by atoms with E-state index in [4.69, 9.17) is 0 Å². The van der Waals surface area contributed by atoms with Crippen molar-refractivity contribution in [1.29, 1.82) is 0 Å². The fraction of sp³-hybridized carbons (Fsp3) is 0.345. The highest BCUT2D eigenvalue weighted by Crippen LogP contribution is 2.31. The first-order chi connectivity index (χ1) is 16.8. The van der Waals surface area contributed by atoms with Gasteiger partial charge in [-0.1, -0.05) is 48.5 Å². The van der Waals surface area contributed by atoms with Crippen molar-refractivity contribution in [1.82, 2.24) is 9.80 Å². The molecule has 0 N–H and O–H groups in total. The normalized spacial score (nSPS) is 19.2. The number of rotatable bonds is 4. The van der Waals surface area contributed by atoms with Crippen molar-refractivity contribution in [2.45, 2.75) is 25.2 Å². The van der Waals surface area contributed by atoms with Gasteiger partial charge in [-0.05, 0) is 94.2 Å². The van der Waals surface area contributed by atoms with Crippen molar-refractivity contribution in [3.05, 3.63) is 93.3 Å². The molecule has 1 atom stereocenters. The van der Waals surface area contributed by atoms with Crippen LogP contribution in [0.25, 0.3) is 10.8 Å². The minimum atomic E-state index is 0.195. The lowest BCUT2D eigenvalue weighted by molar-refractivity contribution is 0.0784. The van der Waals surface area contributed by atoms with Gasteiger partial charge in [0.2, 0.25) is 0 Å². The Morgan fingerprint density at radius 2 is 1.62 bits per heavy atom. The van der Waals surface area contributed by atoms with Gasteiger partial charge in [-0.3, -0.25) is 4.79 Å². The number of piperidine rings is 1. The second-order valence-electron chi connectivity index (χ2n) is 9.36. The Balaban J connectivity index is 0.000000429. The van der Waals surface area contributed by atoms with E-state index < -0.39 is 0 Å².